The zero-order valence-electron chi connectivity index (χ0n) is 17.7. The van der Waals surface area contributed by atoms with Gasteiger partial charge in [-0.15, -0.1) is 11.3 Å². The minimum atomic E-state index is -0.00502. The van der Waals surface area contributed by atoms with Crippen molar-refractivity contribution in [1.82, 2.24) is 4.90 Å². The predicted octanol–water partition coefficient (Wildman–Crippen LogP) is 6.42. The van der Waals surface area contributed by atoms with E-state index in [-0.39, 0.29) is 12.1 Å². The summed E-state index contributed by atoms with van der Waals surface area (Å²) in [6.07, 6.45) is 5.95. The lowest BCUT2D eigenvalue weighted by atomic mass is 9.88. The van der Waals surface area contributed by atoms with Crippen LogP contribution in [0.3, 0.4) is 0 Å². The molecule has 0 saturated carbocycles. The summed E-state index contributed by atoms with van der Waals surface area (Å²) in [6, 6.07) is 16.6. The van der Waals surface area contributed by atoms with E-state index in [2.05, 4.69) is 49.5 Å². The molecule has 0 unspecified atom stereocenters. The number of aryl methyl sites for hydroxylation is 2. The zero-order valence-corrected chi connectivity index (χ0v) is 18.5. The predicted molar refractivity (Wildman–Crippen MR) is 125 cm³/mol. The Balaban J connectivity index is 1.54. The molecule has 0 bridgehead atoms. The summed E-state index contributed by atoms with van der Waals surface area (Å²) < 4.78 is 0. The lowest BCUT2D eigenvalue weighted by Crippen LogP contribution is -2.42. The molecule has 1 atom stereocenters. The van der Waals surface area contributed by atoms with Crippen LogP contribution in [0.4, 0.5) is 10.5 Å². The van der Waals surface area contributed by atoms with Gasteiger partial charge in [0.1, 0.15) is 0 Å². The van der Waals surface area contributed by atoms with Crippen LogP contribution >= 0.6 is 11.3 Å². The molecular weight excluding hydrogens is 388 g/mol. The van der Waals surface area contributed by atoms with Crippen LogP contribution in [0, 0.1) is 13.8 Å². The Morgan fingerprint density at radius 2 is 1.77 bits per heavy atom. The second-order valence-electron chi connectivity index (χ2n) is 8.49. The molecule has 0 spiro atoms. The first-order valence-electron chi connectivity index (χ1n) is 11.0. The van der Waals surface area contributed by atoms with E-state index in [1.165, 1.54) is 47.3 Å². The molecule has 3 nitrogen and oxygen atoms in total. The van der Waals surface area contributed by atoms with Gasteiger partial charge < -0.3 is 10.2 Å². The second-order valence-corrected chi connectivity index (χ2v) is 9.62. The van der Waals surface area contributed by atoms with Crippen molar-refractivity contribution in [1.29, 1.82) is 0 Å². The third-order valence-corrected chi connectivity index (χ3v) is 8.08. The number of fused-ring (bicyclic) bond motifs is 3. The fraction of sp³-hybridized carbons (Fsp3) is 0.346. The van der Waals surface area contributed by atoms with Gasteiger partial charge in [0.15, 0.2) is 0 Å². The quantitative estimate of drug-likeness (QED) is 0.513. The Bertz CT molecular complexity index is 1090. The van der Waals surface area contributed by atoms with E-state index in [1.54, 1.807) is 10.4 Å². The largest absolute Gasteiger partial charge is 0.322 e. The van der Waals surface area contributed by atoms with Gasteiger partial charge in [-0.3, -0.25) is 0 Å². The van der Waals surface area contributed by atoms with E-state index in [0.717, 1.165) is 24.2 Å². The summed E-state index contributed by atoms with van der Waals surface area (Å²) in [7, 11) is 0. The molecule has 2 aromatic carbocycles. The van der Waals surface area contributed by atoms with E-state index in [4.69, 9.17) is 0 Å². The van der Waals surface area contributed by atoms with Crippen molar-refractivity contribution in [3.05, 3.63) is 86.1 Å². The van der Waals surface area contributed by atoms with Crippen molar-refractivity contribution >= 4 is 23.1 Å². The van der Waals surface area contributed by atoms with Gasteiger partial charge >= 0.3 is 6.03 Å². The van der Waals surface area contributed by atoms with Gasteiger partial charge in [-0.2, -0.15) is 0 Å². The minimum Gasteiger partial charge on any atom is -0.312 e. The van der Waals surface area contributed by atoms with Crippen molar-refractivity contribution in [2.24, 2.45) is 0 Å². The number of amides is 2. The number of carbonyl (C=O) groups is 1. The van der Waals surface area contributed by atoms with E-state index in [0.29, 0.717) is 0 Å². The second kappa shape index (κ2) is 7.92. The molecule has 4 heteroatoms. The zero-order chi connectivity index (χ0) is 20.7. The van der Waals surface area contributed by atoms with Crippen LogP contribution in [0.25, 0.3) is 0 Å². The number of anilines is 1. The molecule has 154 valence electrons. The van der Waals surface area contributed by atoms with E-state index in [1.807, 2.05) is 34.4 Å². The Labute approximate surface area is 182 Å². The van der Waals surface area contributed by atoms with Gasteiger partial charge in [0.05, 0.1) is 6.04 Å². The first-order valence-corrected chi connectivity index (χ1v) is 11.8. The molecule has 2 aliphatic rings. The van der Waals surface area contributed by atoms with Crippen LogP contribution < -0.4 is 5.32 Å². The van der Waals surface area contributed by atoms with Gasteiger partial charge in [-0.1, -0.05) is 42.5 Å². The number of benzene rings is 2. The lowest BCUT2D eigenvalue weighted by Gasteiger charge is -2.36. The maximum absolute atomic E-state index is 13.5. The molecular formula is C26H28N2OS. The lowest BCUT2D eigenvalue weighted by molar-refractivity contribution is 0.195. The molecule has 3 aromatic rings. The van der Waals surface area contributed by atoms with Crippen molar-refractivity contribution < 1.29 is 4.79 Å². The van der Waals surface area contributed by atoms with Crippen LogP contribution in [-0.4, -0.2) is 17.5 Å². The molecule has 0 saturated heterocycles. The monoisotopic (exact) mass is 416 g/mol. The normalized spacial score (nSPS) is 17.9. The van der Waals surface area contributed by atoms with E-state index in [9.17, 15) is 4.79 Å². The number of carbonyl (C=O) groups excluding carboxylic acids is 1. The summed E-state index contributed by atoms with van der Waals surface area (Å²) in [5, 5.41) is 3.20. The third-order valence-electron chi connectivity index (χ3n) is 6.70. The smallest absolute Gasteiger partial charge is 0.312 e. The Morgan fingerprint density at radius 3 is 2.60 bits per heavy atom. The van der Waals surface area contributed by atoms with Gasteiger partial charge in [0.25, 0.3) is 0 Å². The van der Waals surface area contributed by atoms with E-state index < -0.39 is 0 Å². The van der Waals surface area contributed by atoms with Crippen molar-refractivity contribution in [3.63, 3.8) is 0 Å². The van der Waals surface area contributed by atoms with Crippen LogP contribution in [0.5, 0.6) is 0 Å². The third kappa shape index (κ3) is 3.33. The number of nitrogens with one attached hydrogen (secondary N) is 1. The summed E-state index contributed by atoms with van der Waals surface area (Å²) in [5.41, 5.74) is 7.55. The average molecular weight is 417 g/mol. The Hall–Kier alpha value is -2.59. The van der Waals surface area contributed by atoms with Gasteiger partial charge in [0.2, 0.25) is 0 Å². The molecule has 0 fully saturated rings. The molecule has 5 rings (SSSR count). The number of nitrogens with zero attached hydrogens (tertiary/aromatic N) is 1. The first kappa shape index (κ1) is 19.4. The topological polar surface area (TPSA) is 32.3 Å². The van der Waals surface area contributed by atoms with Crippen LogP contribution in [0.2, 0.25) is 0 Å². The molecule has 2 heterocycles. The number of hydrogen-bond donors (Lipinski definition) is 1. The molecule has 0 radical (unpaired) electrons. The number of urea groups is 1. The molecule has 2 amide bonds. The maximum Gasteiger partial charge on any atom is 0.322 e. The fourth-order valence-electron chi connectivity index (χ4n) is 4.91. The number of hydrogen-bond acceptors (Lipinski definition) is 2. The number of thiophene rings is 1. The standard InChI is InChI=1S/C26H28N2OS/c1-17-9-8-13-22(18(17)2)27-26(29)28-16-15-21-20-12-6-7-14-23(20)30-25(21)24(28)19-10-4-3-5-11-19/h3-5,8-11,13,24H,6-7,12,14-16H2,1-2H3,(H,27,29)/t24-/m0/s1. The highest BCUT2D eigenvalue weighted by atomic mass is 32.1. The summed E-state index contributed by atoms with van der Waals surface area (Å²) in [5.74, 6) is 0. The Morgan fingerprint density at radius 1 is 0.967 bits per heavy atom. The van der Waals surface area contributed by atoms with Gasteiger partial charge in [-0.25, -0.2) is 4.79 Å². The van der Waals surface area contributed by atoms with Crippen LogP contribution in [-0.2, 0) is 19.3 Å². The van der Waals surface area contributed by atoms with Crippen molar-refractivity contribution in [2.45, 2.75) is 52.0 Å². The minimum absolute atomic E-state index is 0.00401. The summed E-state index contributed by atoms with van der Waals surface area (Å²) in [4.78, 5) is 18.5. The van der Waals surface area contributed by atoms with Crippen molar-refractivity contribution in [2.75, 3.05) is 11.9 Å². The molecule has 1 aliphatic heterocycles. The molecule has 30 heavy (non-hydrogen) atoms. The number of rotatable bonds is 2. The summed E-state index contributed by atoms with van der Waals surface area (Å²) in [6.45, 7) is 4.91. The Kier molecular flexibility index (Phi) is 5.11. The molecule has 1 N–H and O–H groups in total. The van der Waals surface area contributed by atoms with Gasteiger partial charge in [0, 0.05) is 22.0 Å². The molecule has 1 aromatic heterocycles. The highest BCUT2D eigenvalue weighted by molar-refractivity contribution is 7.12. The SMILES string of the molecule is Cc1cccc(NC(=O)N2CCc3c(sc4c3CCCC4)[C@@H]2c2ccccc2)c1C. The van der Waals surface area contributed by atoms with Crippen molar-refractivity contribution in [3.8, 4) is 0 Å². The first-order chi connectivity index (χ1) is 14.6. The van der Waals surface area contributed by atoms with E-state index >= 15 is 0 Å². The maximum atomic E-state index is 13.5. The highest BCUT2D eigenvalue weighted by Gasteiger charge is 2.36. The van der Waals surface area contributed by atoms with Gasteiger partial charge in [-0.05, 0) is 79.8 Å². The van der Waals surface area contributed by atoms with Crippen LogP contribution in [0.15, 0.2) is 48.5 Å². The summed E-state index contributed by atoms with van der Waals surface area (Å²) >= 11 is 1.95. The fourth-order valence-corrected chi connectivity index (χ4v) is 6.49. The molecule has 1 aliphatic carbocycles. The average Bonchev–Trinajstić information content (AvgIpc) is 3.15. The highest BCUT2D eigenvalue weighted by Crippen LogP contribution is 2.45. The van der Waals surface area contributed by atoms with Crippen LogP contribution in [0.1, 0.15) is 56.5 Å².